The van der Waals surface area contributed by atoms with E-state index in [1.54, 1.807) is 0 Å². The molecule has 0 atom stereocenters. The fourth-order valence-corrected chi connectivity index (χ4v) is 2.92. The zero-order chi connectivity index (χ0) is 11.0. The summed E-state index contributed by atoms with van der Waals surface area (Å²) in [6.07, 6.45) is 2.19. The molecule has 1 rings (SSSR count). The second-order valence-electron chi connectivity index (χ2n) is 5.76. The molecule has 4 heteroatoms. The first-order chi connectivity index (χ1) is 6.20. The van der Waals surface area contributed by atoms with Crippen molar-refractivity contribution in [2.75, 3.05) is 0 Å². The molecule has 0 amide bonds. The predicted octanol–water partition coefficient (Wildman–Crippen LogP) is 2.44. The molecule has 2 N–H and O–H groups in total. The number of aliphatic carboxylic acids is 1. The third-order valence-electron chi connectivity index (χ3n) is 2.74. The van der Waals surface area contributed by atoms with E-state index in [1.807, 2.05) is 0 Å². The van der Waals surface area contributed by atoms with E-state index in [0.29, 0.717) is 12.3 Å². The van der Waals surface area contributed by atoms with E-state index in [4.69, 9.17) is 5.11 Å². The molecule has 1 heterocycles. The number of piperidine rings is 1. The van der Waals surface area contributed by atoms with Gasteiger partial charge in [0, 0.05) is 17.5 Å². The van der Waals surface area contributed by atoms with Crippen LogP contribution in [0.3, 0.4) is 0 Å². The van der Waals surface area contributed by atoms with Crippen LogP contribution in [-0.2, 0) is 4.79 Å². The number of carboxylic acid groups (broad SMARTS) is 1. The van der Waals surface area contributed by atoms with Crippen LogP contribution in [0.5, 0.6) is 0 Å². The molecule has 0 radical (unpaired) electrons. The van der Waals surface area contributed by atoms with Gasteiger partial charge in [0.05, 0.1) is 0 Å². The minimum Gasteiger partial charge on any atom is -0.481 e. The van der Waals surface area contributed by atoms with E-state index in [2.05, 4.69) is 33.0 Å². The number of rotatable bonds is 2. The maximum atomic E-state index is 10.7. The van der Waals surface area contributed by atoms with Gasteiger partial charge in [-0.15, -0.1) is 12.4 Å². The minimum absolute atomic E-state index is 0. The van der Waals surface area contributed by atoms with Gasteiger partial charge in [0.15, 0.2) is 0 Å². The highest BCUT2D eigenvalue weighted by molar-refractivity contribution is 5.85. The van der Waals surface area contributed by atoms with Crippen LogP contribution in [0.15, 0.2) is 0 Å². The molecule has 0 bridgehead atoms. The third-order valence-corrected chi connectivity index (χ3v) is 2.74. The molecule has 1 aliphatic rings. The maximum Gasteiger partial charge on any atom is 0.303 e. The van der Waals surface area contributed by atoms with Crippen molar-refractivity contribution in [1.29, 1.82) is 0 Å². The summed E-state index contributed by atoms with van der Waals surface area (Å²) in [5.41, 5.74) is 0.115. The van der Waals surface area contributed by atoms with Gasteiger partial charge in [0.2, 0.25) is 0 Å². The Morgan fingerprint density at radius 3 is 2.00 bits per heavy atom. The molecule has 1 fully saturated rings. The van der Waals surface area contributed by atoms with E-state index in [-0.39, 0.29) is 23.5 Å². The predicted molar refractivity (Wildman–Crippen MR) is 63.5 cm³/mol. The van der Waals surface area contributed by atoms with Crippen LogP contribution >= 0.6 is 12.4 Å². The van der Waals surface area contributed by atoms with Crippen LogP contribution in [0.1, 0.15) is 47.0 Å². The summed E-state index contributed by atoms with van der Waals surface area (Å²) in [5.74, 6) is -0.373. The monoisotopic (exact) mass is 235 g/mol. The van der Waals surface area contributed by atoms with Crippen LogP contribution in [0, 0.1) is 5.92 Å². The summed E-state index contributed by atoms with van der Waals surface area (Å²) in [7, 11) is 0. The Labute approximate surface area is 98.0 Å². The standard InChI is InChI=1S/C11H21NO2.ClH/c1-10(2)6-8(5-9(13)14)7-11(3,4)12-10;/h8,12H,5-7H2,1-4H3,(H,13,14);1H. The highest BCUT2D eigenvalue weighted by Gasteiger charge is 2.38. The SMILES string of the molecule is CC1(C)CC(CC(=O)O)CC(C)(C)N1.Cl. The van der Waals surface area contributed by atoms with Crippen LogP contribution in [0.25, 0.3) is 0 Å². The summed E-state index contributed by atoms with van der Waals surface area (Å²) >= 11 is 0. The van der Waals surface area contributed by atoms with Crippen molar-refractivity contribution in [1.82, 2.24) is 5.32 Å². The number of nitrogens with one attached hydrogen (secondary N) is 1. The Morgan fingerprint density at radius 1 is 1.27 bits per heavy atom. The van der Waals surface area contributed by atoms with Gasteiger partial charge in [-0.25, -0.2) is 0 Å². The van der Waals surface area contributed by atoms with E-state index >= 15 is 0 Å². The van der Waals surface area contributed by atoms with Crippen molar-refractivity contribution in [2.24, 2.45) is 5.92 Å². The summed E-state index contributed by atoms with van der Waals surface area (Å²) in [6.45, 7) is 8.57. The molecule has 3 nitrogen and oxygen atoms in total. The molecule has 0 saturated carbocycles. The molecule has 0 aromatic rings. The Kier molecular flexibility index (Phi) is 4.62. The molecule has 0 aromatic heterocycles. The number of hydrogen-bond donors (Lipinski definition) is 2. The Hall–Kier alpha value is -0.280. The Bertz CT molecular complexity index is 223. The topological polar surface area (TPSA) is 49.3 Å². The van der Waals surface area contributed by atoms with Crippen molar-refractivity contribution in [3.8, 4) is 0 Å². The minimum atomic E-state index is -0.677. The fourth-order valence-electron chi connectivity index (χ4n) is 2.92. The second kappa shape index (κ2) is 4.71. The molecule has 0 unspecified atom stereocenters. The molecule has 90 valence electrons. The zero-order valence-electron chi connectivity index (χ0n) is 9.96. The summed E-state index contributed by atoms with van der Waals surface area (Å²) in [4.78, 5) is 10.7. The van der Waals surface area contributed by atoms with Crippen LogP contribution in [-0.4, -0.2) is 22.2 Å². The second-order valence-corrected chi connectivity index (χ2v) is 5.76. The lowest BCUT2D eigenvalue weighted by Crippen LogP contribution is -2.57. The first kappa shape index (κ1) is 14.7. The number of halogens is 1. The number of hydrogen-bond acceptors (Lipinski definition) is 2. The van der Waals surface area contributed by atoms with Gasteiger partial charge in [-0.05, 0) is 46.5 Å². The highest BCUT2D eigenvalue weighted by Crippen LogP contribution is 2.34. The smallest absolute Gasteiger partial charge is 0.303 e. The van der Waals surface area contributed by atoms with E-state index in [1.165, 1.54) is 0 Å². The lowest BCUT2D eigenvalue weighted by atomic mass is 9.75. The molecule has 0 spiro atoms. The van der Waals surface area contributed by atoms with Gasteiger partial charge >= 0.3 is 5.97 Å². The van der Waals surface area contributed by atoms with Crippen molar-refractivity contribution < 1.29 is 9.90 Å². The van der Waals surface area contributed by atoms with Gasteiger partial charge in [0.25, 0.3) is 0 Å². The highest BCUT2D eigenvalue weighted by atomic mass is 35.5. The molecular weight excluding hydrogens is 214 g/mol. The van der Waals surface area contributed by atoms with Gasteiger partial charge in [-0.1, -0.05) is 0 Å². The number of carbonyl (C=O) groups is 1. The Balaban J connectivity index is 0.00000196. The zero-order valence-corrected chi connectivity index (χ0v) is 10.8. The van der Waals surface area contributed by atoms with Gasteiger partial charge in [0.1, 0.15) is 0 Å². The summed E-state index contributed by atoms with van der Waals surface area (Å²) in [5, 5.41) is 12.3. The maximum absolute atomic E-state index is 10.7. The first-order valence-corrected chi connectivity index (χ1v) is 5.21. The summed E-state index contributed by atoms with van der Waals surface area (Å²) < 4.78 is 0. The van der Waals surface area contributed by atoms with Crippen LogP contribution in [0.4, 0.5) is 0 Å². The van der Waals surface area contributed by atoms with Crippen LogP contribution < -0.4 is 5.32 Å². The largest absolute Gasteiger partial charge is 0.481 e. The fraction of sp³-hybridized carbons (Fsp3) is 0.909. The van der Waals surface area contributed by atoms with Gasteiger partial charge in [-0.2, -0.15) is 0 Å². The van der Waals surface area contributed by atoms with E-state index < -0.39 is 5.97 Å². The number of carboxylic acids is 1. The molecule has 1 aliphatic heterocycles. The van der Waals surface area contributed by atoms with Crippen molar-refractivity contribution in [2.45, 2.75) is 58.0 Å². The van der Waals surface area contributed by atoms with Crippen molar-refractivity contribution in [3.05, 3.63) is 0 Å². The Morgan fingerprint density at radius 2 is 1.67 bits per heavy atom. The molecular formula is C11H22ClNO2. The van der Waals surface area contributed by atoms with E-state index in [9.17, 15) is 4.79 Å². The molecule has 1 saturated heterocycles. The van der Waals surface area contributed by atoms with Gasteiger partial charge < -0.3 is 10.4 Å². The summed E-state index contributed by atoms with van der Waals surface area (Å²) in [6, 6.07) is 0. The third kappa shape index (κ3) is 4.85. The van der Waals surface area contributed by atoms with Crippen molar-refractivity contribution in [3.63, 3.8) is 0 Å². The lowest BCUT2D eigenvalue weighted by Gasteiger charge is -2.46. The normalized spacial score (nSPS) is 24.3. The lowest BCUT2D eigenvalue weighted by molar-refractivity contribution is -0.138. The average Bonchev–Trinajstić information content (AvgIpc) is 1.74. The van der Waals surface area contributed by atoms with Crippen LogP contribution in [0.2, 0.25) is 0 Å². The average molecular weight is 236 g/mol. The molecule has 0 aromatic carbocycles. The first-order valence-electron chi connectivity index (χ1n) is 5.21. The van der Waals surface area contributed by atoms with E-state index in [0.717, 1.165) is 12.8 Å². The quantitative estimate of drug-likeness (QED) is 0.773. The van der Waals surface area contributed by atoms with Crippen molar-refractivity contribution >= 4 is 18.4 Å². The molecule has 15 heavy (non-hydrogen) atoms. The molecule has 0 aliphatic carbocycles. The van der Waals surface area contributed by atoms with Gasteiger partial charge in [-0.3, -0.25) is 4.79 Å².